The fourth-order valence-corrected chi connectivity index (χ4v) is 2.68. The minimum atomic E-state index is -0.275. The van der Waals surface area contributed by atoms with Gasteiger partial charge in [0.05, 0.1) is 13.0 Å². The van der Waals surface area contributed by atoms with Crippen LogP contribution in [-0.4, -0.2) is 19.4 Å². The molecule has 2 atom stereocenters. The quantitative estimate of drug-likeness (QED) is 0.370. The molecule has 0 amide bonds. The minimum absolute atomic E-state index is 0.215. The Bertz CT molecular complexity index is 414. The number of aldehydes is 1. The molecule has 0 N–H and O–H groups in total. The van der Waals surface area contributed by atoms with Crippen LogP contribution in [0.3, 0.4) is 0 Å². The van der Waals surface area contributed by atoms with E-state index in [1.165, 1.54) is 13.5 Å². The van der Waals surface area contributed by atoms with Crippen molar-refractivity contribution in [2.45, 2.75) is 51.4 Å². The first kappa shape index (κ1) is 17.4. The summed E-state index contributed by atoms with van der Waals surface area (Å²) in [7, 11) is 1.42. The summed E-state index contributed by atoms with van der Waals surface area (Å²) in [6.45, 7) is 2.16. The normalized spacial score (nSPS) is 13.4. The second-order valence-corrected chi connectivity index (χ2v) is 5.49. The number of carbonyl (C=O) groups excluding carboxylic acids is 2. The van der Waals surface area contributed by atoms with E-state index < -0.39 is 0 Å². The van der Waals surface area contributed by atoms with Crippen molar-refractivity contribution >= 4 is 12.3 Å². The molecule has 1 aromatic rings. The largest absolute Gasteiger partial charge is 0.469 e. The van der Waals surface area contributed by atoms with Gasteiger partial charge in [0, 0.05) is 6.42 Å². The number of ether oxygens (including phenoxy) is 1. The summed E-state index contributed by atoms with van der Waals surface area (Å²) in [4.78, 5) is 23.0. The molecule has 0 heterocycles. The van der Waals surface area contributed by atoms with Crippen LogP contribution in [0.4, 0.5) is 0 Å². The molecule has 0 saturated heterocycles. The van der Waals surface area contributed by atoms with Gasteiger partial charge in [-0.3, -0.25) is 4.79 Å². The van der Waals surface area contributed by atoms with Gasteiger partial charge in [-0.2, -0.15) is 0 Å². The molecule has 0 bridgehead atoms. The smallest absolute Gasteiger partial charge is 0.313 e. The van der Waals surface area contributed by atoms with Crippen LogP contribution in [0.1, 0.15) is 56.9 Å². The number of hydrogen-bond donors (Lipinski definition) is 0. The number of carbonyl (C=O) groups is 2. The Morgan fingerprint density at radius 3 is 2.52 bits per heavy atom. The Balaban J connectivity index is 2.77. The van der Waals surface area contributed by atoms with Gasteiger partial charge in [-0.05, 0) is 24.3 Å². The lowest BCUT2D eigenvalue weighted by atomic mass is 9.84. The molecule has 3 nitrogen and oxygen atoms in total. The van der Waals surface area contributed by atoms with E-state index in [1.807, 2.05) is 30.3 Å². The number of methoxy groups -OCH3 is 1. The molecule has 0 aliphatic carbocycles. The molecule has 0 spiro atoms. The zero-order valence-corrected chi connectivity index (χ0v) is 13.1. The Hall–Kier alpha value is -1.64. The van der Waals surface area contributed by atoms with Gasteiger partial charge >= 0.3 is 5.97 Å². The highest BCUT2D eigenvalue weighted by molar-refractivity contribution is 5.78. The molecular formula is C18H26O3. The van der Waals surface area contributed by atoms with Crippen molar-refractivity contribution in [1.82, 2.24) is 0 Å². The van der Waals surface area contributed by atoms with Crippen LogP contribution in [0, 0.1) is 5.92 Å². The Kier molecular flexibility index (Phi) is 8.41. The average Bonchev–Trinajstić information content (AvgIpc) is 2.52. The van der Waals surface area contributed by atoms with E-state index in [-0.39, 0.29) is 17.8 Å². The third-order valence-electron chi connectivity index (χ3n) is 3.90. The van der Waals surface area contributed by atoms with Gasteiger partial charge in [0.1, 0.15) is 6.29 Å². The van der Waals surface area contributed by atoms with Crippen LogP contribution in [0.25, 0.3) is 0 Å². The second-order valence-electron chi connectivity index (χ2n) is 5.49. The Morgan fingerprint density at radius 2 is 1.95 bits per heavy atom. The maximum atomic E-state index is 12.1. The van der Waals surface area contributed by atoms with E-state index >= 15 is 0 Å². The van der Waals surface area contributed by atoms with Gasteiger partial charge in [0.25, 0.3) is 0 Å². The first-order valence-electron chi connectivity index (χ1n) is 7.79. The predicted octanol–water partition coefficient (Wildman–Crippen LogP) is 4.12. The third kappa shape index (κ3) is 6.11. The van der Waals surface area contributed by atoms with Gasteiger partial charge in [-0.25, -0.2) is 0 Å². The van der Waals surface area contributed by atoms with E-state index in [2.05, 4.69) is 6.92 Å². The van der Waals surface area contributed by atoms with Gasteiger partial charge < -0.3 is 9.53 Å². The van der Waals surface area contributed by atoms with Gasteiger partial charge in [-0.15, -0.1) is 0 Å². The summed E-state index contributed by atoms with van der Waals surface area (Å²) < 4.78 is 4.94. The number of hydrogen-bond acceptors (Lipinski definition) is 3. The first-order valence-corrected chi connectivity index (χ1v) is 7.79. The standard InChI is InChI=1S/C18H26O3/c1-3-4-6-9-15(12-13-19)14-17(18(20)21-2)16-10-7-5-8-11-16/h5,7-8,10-11,13,15,17H,3-4,6,9,12,14H2,1-2H3. The lowest BCUT2D eigenvalue weighted by Gasteiger charge is -2.21. The highest BCUT2D eigenvalue weighted by Gasteiger charge is 2.25. The number of benzene rings is 1. The summed E-state index contributed by atoms with van der Waals surface area (Å²) in [6, 6.07) is 9.69. The Labute approximate surface area is 127 Å². The number of esters is 1. The highest BCUT2D eigenvalue weighted by atomic mass is 16.5. The topological polar surface area (TPSA) is 43.4 Å². The summed E-state index contributed by atoms with van der Waals surface area (Å²) in [5, 5.41) is 0. The van der Waals surface area contributed by atoms with Gasteiger partial charge in [-0.1, -0.05) is 56.5 Å². The van der Waals surface area contributed by atoms with Crippen molar-refractivity contribution in [1.29, 1.82) is 0 Å². The van der Waals surface area contributed by atoms with E-state index in [0.717, 1.165) is 31.1 Å². The van der Waals surface area contributed by atoms with Crippen molar-refractivity contribution in [2.24, 2.45) is 5.92 Å². The molecule has 116 valence electrons. The summed E-state index contributed by atoms with van der Waals surface area (Å²) in [5.41, 5.74) is 0.968. The van der Waals surface area contributed by atoms with Gasteiger partial charge in [0.2, 0.25) is 0 Å². The summed E-state index contributed by atoms with van der Waals surface area (Å²) in [5.74, 6) is -0.242. The van der Waals surface area contributed by atoms with Crippen molar-refractivity contribution in [3.8, 4) is 0 Å². The predicted molar refractivity (Wildman–Crippen MR) is 84.1 cm³/mol. The fraction of sp³-hybridized carbons (Fsp3) is 0.556. The second kappa shape index (κ2) is 10.1. The van der Waals surface area contributed by atoms with E-state index in [4.69, 9.17) is 4.74 Å². The molecule has 0 aliphatic heterocycles. The van der Waals surface area contributed by atoms with Crippen LogP contribution in [-0.2, 0) is 14.3 Å². The monoisotopic (exact) mass is 290 g/mol. The maximum absolute atomic E-state index is 12.1. The van der Waals surface area contributed by atoms with Crippen LogP contribution < -0.4 is 0 Å². The number of unbranched alkanes of at least 4 members (excludes halogenated alkanes) is 2. The Morgan fingerprint density at radius 1 is 1.24 bits per heavy atom. The SMILES string of the molecule is CCCCCC(CC=O)CC(C(=O)OC)c1ccccc1. The van der Waals surface area contributed by atoms with Crippen LogP contribution in [0.15, 0.2) is 30.3 Å². The molecule has 0 aliphatic rings. The third-order valence-corrected chi connectivity index (χ3v) is 3.90. The maximum Gasteiger partial charge on any atom is 0.313 e. The van der Waals surface area contributed by atoms with Crippen LogP contribution in [0.5, 0.6) is 0 Å². The average molecular weight is 290 g/mol. The van der Waals surface area contributed by atoms with Crippen molar-refractivity contribution in [3.05, 3.63) is 35.9 Å². The molecule has 0 radical (unpaired) electrons. The minimum Gasteiger partial charge on any atom is -0.469 e. The molecule has 3 heteroatoms. The van der Waals surface area contributed by atoms with Crippen molar-refractivity contribution < 1.29 is 14.3 Å². The molecule has 1 aromatic carbocycles. The lowest BCUT2D eigenvalue weighted by Crippen LogP contribution is -2.18. The summed E-state index contributed by atoms with van der Waals surface area (Å²) in [6.07, 6.45) is 6.60. The van der Waals surface area contributed by atoms with Crippen molar-refractivity contribution in [2.75, 3.05) is 7.11 Å². The van der Waals surface area contributed by atoms with Crippen molar-refractivity contribution in [3.63, 3.8) is 0 Å². The van der Waals surface area contributed by atoms with Gasteiger partial charge in [0.15, 0.2) is 0 Å². The number of rotatable bonds is 10. The molecule has 0 saturated carbocycles. The van der Waals surface area contributed by atoms with E-state index in [0.29, 0.717) is 12.8 Å². The van der Waals surface area contributed by atoms with E-state index in [9.17, 15) is 9.59 Å². The molecule has 21 heavy (non-hydrogen) atoms. The molecule has 2 unspecified atom stereocenters. The molecule has 0 aromatic heterocycles. The molecular weight excluding hydrogens is 264 g/mol. The lowest BCUT2D eigenvalue weighted by molar-refractivity contribution is -0.143. The van der Waals surface area contributed by atoms with Crippen LogP contribution in [0.2, 0.25) is 0 Å². The molecule has 1 rings (SSSR count). The molecule has 0 fully saturated rings. The zero-order valence-electron chi connectivity index (χ0n) is 13.1. The van der Waals surface area contributed by atoms with E-state index in [1.54, 1.807) is 0 Å². The fourth-order valence-electron chi connectivity index (χ4n) is 2.68. The van der Waals surface area contributed by atoms with Crippen LogP contribution >= 0.6 is 0 Å². The summed E-state index contributed by atoms with van der Waals surface area (Å²) >= 11 is 0. The first-order chi connectivity index (χ1) is 10.2. The zero-order chi connectivity index (χ0) is 15.5. The highest BCUT2D eigenvalue weighted by Crippen LogP contribution is 2.29.